The van der Waals surface area contributed by atoms with Gasteiger partial charge in [-0.2, -0.15) is 11.8 Å². The zero-order valence-electron chi connectivity index (χ0n) is 9.72. The molecule has 0 amide bonds. The van der Waals surface area contributed by atoms with Crippen LogP contribution in [0.15, 0.2) is 18.3 Å². The molecule has 2 unspecified atom stereocenters. The van der Waals surface area contributed by atoms with Crippen LogP contribution in [0, 0.1) is 5.92 Å². The highest BCUT2D eigenvalue weighted by atomic mass is 32.2. The van der Waals surface area contributed by atoms with E-state index in [1.165, 1.54) is 11.3 Å². The van der Waals surface area contributed by atoms with Crippen LogP contribution in [0.2, 0.25) is 0 Å². The van der Waals surface area contributed by atoms with Gasteiger partial charge in [0.25, 0.3) is 0 Å². The fraction of sp³-hybridized carbons (Fsp3) is 0.615. The third kappa shape index (κ3) is 2.98. The molecule has 0 spiro atoms. The Balaban J connectivity index is 1.92. The van der Waals surface area contributed by atoms with Crippen molar-refractivity contribution in [2.75, 3.05) is 11.5 Å². The standard InChI is InChI=1S/C13H19NOS/c1-2-10-3-4-12(14-8-10)7-13(15)11-5-6-16-9-11/h3-4,8,11,13,15H,2,5-7,9H2,1H3. The van der Waals surface area contributed by atoms with Gasteiger partial charge in [-0.25, -0.2) is 0 Å². The van der Waals surface area contributed by atoms with E-state index in [4.69, 9.17) is 0 Å². The number of pyridine rings is 1. The quantitative estimate of drug-likeness (QED) is 0.872. The minimum Gasteiger partial charge on any atom is -0.392 e. The highest BCUT2D eigenvalue weighted by Gasteiger charge is 2.23. The molecule has 2 heterocycles. The van der Waals surface area contributed by atoms with Crippen LogP contribution >= 0.6 is 11.8 Å². The summed E-state index contributed by atoms with van der Waals surface area (Å²) in [6.07, 6.45) is 4.59. The number of aliphatic hydroxyl groups excluding tert-OH is 1. The first-order chi connectivity index (χ1) is 7.79. The lowest BCUT2D eigenvalue weighted by Gasteiger charge is -2.16. The first kappa shape index (κ1) is 11.9. The van der Waals surface area contributed by atoms with Crippen LogP contribution in [0.25, 0.3) is 0 Å². The second-order valence-electron chi connectivity index (χ2n) is 4.41. The average Bonchev–Trinajstić information content (AvgIpc) is 2.83. The van der Waals surface area contributed by atoms with Gasteiger partial charge in [0.15, 0.2) is 0 Å². The summed E-state index contributed by atoms with van der Waals surface area (Å²) in [4.78, 5) is 4.39. The van der Waals surface area contributed by atoms with Gasteiger partial charge < -0.3 is 5.11 Å². The van der Waals surface area contributed by atoms with Crippen LogP contribution in [-0.2, 0) is 12.8 Å². The van der Waals surface area contributed by atoms with Gasteiger partial charge in [-0.05, 0) is 41.9 Å². The Kier molecular flexibility index (Phi) is 4.24. The van der Waals surface area contributed by atoms with E-state index in [2.05, 4.69) is 18.0 Å². The first-order valence-electron chi connectivity index (χ1n) is 5.99. The van der Waals surface area contributed by atoms with E-state index < -0.39 is 0 Å². The second-order valence-corrected chi connectivity index (χ2v) is 5.56. The lowest BCUT2D eigenvalue weighted by molar-refractivity contribution is 0.119. The number of thioether (sulfide) groups is 1. The Morgan fingerprint density at radius 1 is 1.56 bits per heavy atom. The summed E-state index contributed by atoms with van der Waals surface area (Å²) in [5.41, 5.74) is 2.27. The number of nitrogens with zero attached hydrogens (tertiary/aromatic N) is 1. The van der Waals surface area contributed by atoms with Crippen molar-refractivity contribution >= 4 is 11.8 Å². The lowest BCUT2D eigenvalue weighted by atomic mass is 9.97. The van der Waals surface area contributed by atoms with Crippen molar-refractivity contribution in [3.05, 3.63) is 29.6 Å². The number of hydrogen-bond acceptors (Lipinski definition) is 3. The normalized spacial score (nSPS) is 22.2. The van der Waals surface area contributed by atoms with Crippen LogP contribution in [0.1, 0.15) is 24.6 Å². The third-order valence-corrected chi connectivity index (χ3v) is 4.41. The number of rotatable bonds is 4. The molecule has 88 valence electrons. The molecule has 2 atom stereocenters. The van der Waals surface area contributed by atoms with E-state index in [-0.39, 0.29) is 6.10 Å². The van der Waals surface area contributed by atoms with E-state index >= 15 is 0 Å². The molecule has 0 bridgehead atoms. The van der Waals surface area contributed by atoms with Crippen molar-refractivity contribution < 1.29 is 5.11 Å². The van der Waals surface area contributed by atoms with Crippen LogP contribution in [-0.4, -0.2) is 27.7 Å². The number of aliphatic hydroxyl groups is 1. The number of aromatic nitrogens is 1. The Labute approximate surface area is 101 Å². The van der Waals surface area contributed by atoms with E-state index in [9.17, 15) is 5.11 Å². The zero-order valence-corrected chi connectivity index (χ0v) is 10.5. The maximum absolute atomic E-state index is 10.1. The van der Waals surface area contributed by atoms with Crippen LogP contribution < -0.4 is 0 Å². The first-order valence-corrected chi connectivity index (χ1v) is 7.14. The van der Waals surface area contributed by atoms with Crippen LogP contribution in [0.4, 0.5) is 0 Å². The van der Waals surface area contributed by atoms with Gasteiger partial charge in [-0.3, -0.25) is 4.98 Å². The van der Waals surface area contributed by atoms with Gasteiger partial charge in [0.2, 0.25) is 0 Å². The van der Waals surface area contributed by atoms with Crippen LogP contribution in [0.3, 0.4) is 0 Å². The van der Waals surface area contributed by atoms with E-state index in [1.807, 2.05) is 24.0 Å². The van der Waals surface area contributed by atoms with Crippen LogP contribution in [0.5, 0.6) is 0 Å². The molecule has 2 nitrogen and oxygen atoms in total. The predicted molar refractivity (Wildman–Crippen MR) is 68.8 cm³/mol. The summed E-state index contributed by atoms with van der Waals surface area (Å²) in [6, 6.07) is 4.16. The molecule has 0 aliphatic carbocycles. The fourth-order valence-electron chi connectivity index (χ4n) is 2.02. The second kappa shape index (κ2) is 5.69. The largest absolute Gasteiger partial charge is 0.392 e. The Hall–Kier alpha value is -0.540. The molecule has 1 aliphatic heterocycles. The molecule has 16 heavy (non-hydrogen) atoms. The molecule has 1 aromatic rings. The van der Waals surface area contributed by atoms with Crippen molar-refractivity contribution in [1.29, 1.82) is 0 Å². The van der Waals surface area contributed by atoms with E-state index in [1.54, 1.807) is 0 Å². The topological polar surface area (TPSA) is 33.1 Å². The lowest BCUT2D eigenvalue weighted by Crippen LogP contribution is -2.22. The Morgan fingerprint density at radius 3 is 3.00 bits per heavy atom. The minimum absolute atomic E-state index is 0.213. The number of aryl methyl sites for hydroxylation is 1. The highest BCUT2D eigenvalue weighted by Crippen LogP contribution is 2.27. The van der Waals surface area contributed by atoms with Gasteiger partial charge >= 0.3 is 0 Å². The summed E-state index contributed by atoms with van der Waals surface area (Å²) < 4.78 is 0. The van der Waals surface area contributed by atoms with Crippen molar-refractivity contribution in [2.45, 2.75) is 32.3 Å². The van der Waals surface area contributed by atoms with Crippen molar-refractivity contribution in [2.24, 2.45) is 5.92 Å². The summed E-state index contributed by atoms with van der Waals surface area (Å²) in [7, 11) is 0. The van der Waals surface area contributed by atoms with Crippen molar-refractivity contribution in [3.63, 3.8) is 0 Å². The van der Waals surface area contributed by atoms with Gasteiger partial charge in [-0.1, -0.05) is 13.0 Å². The molecule has 3 heteroatoms. The van der Waals surface area contributed by atoms with E-state index in [0.717, 1.165) is 24.3 Å². The monoisotopic (exact) mass is 237 g/mol. The summed E-state index contributed by atoms with van der Waals surface area (Å²) >= 11 is 1.95. The molecular weight excluding hydrogens is 218 g/mol. The Bertz CT molecular complexity index is 319. The third-order valence-electron chi connectivity index (χ3n) is 3.22. The maximum atomic E-state index is 10.1. The minimum atomic E-state index is -0.213. The van der Waals surface area contributed by atoms with E-state index in [0.29, 0.717) is 12.3 Å². The fourth-order valence-corrected chi connectivity index (χ4v) is 3.35. The molecule has 1 aromatic heterocycles. The molecule has 1 fully saturated rings. The zero-order chi connectivity index (χ0) is 11.4. The molecule has 0 radical (unpaired) electrons. The SMILES string of the molecule is CCc1ccc(CC(O)C2CCSC2)nc1. The number of hydrogen-bond donors (Lipinski definition) is 1. The van der Waals surface area contributed by atoms with Gasteiger partial charge in [0.1, 0.15) is 0 Å². The predicted octanol–water partition coefficient (Wildman–Crippen LogP) is 2.30. The summed E-state index contributed by atoms with van der Waals surface area (Å²) in [5, 5.41) is 10.1. The molecule has 1 saturated heterocycles. The van der Waals surface area contributed by atoms with Crippen molar-refractivity contribution in [1.82, 2.24) is 4.98 Å². The van der Waals surface area contributed by atoms with Gasteiger partial charge in [-0.15, -0.1) is 0 Å². The smallest absolute Gasteiger partial charge is 0.0631 e. The summed E-state index contributed by atoms with van der Waals surface area (Å²) in [5.74, 6) is 2.77. The average molecular weight is 237 g/mol. The summed E-state index contributed by atoms with van der Waals surface area (Å²) in [6.45, 7) is 2.13. The van der Waals surface area contributed by atoms with Gasteiger partial charge in [0, 0.05) is 18.3 Å². The molecule has 1 N–H and O–H groups in total. The van der Waals surface area contributed by atoms with Gasteiger partial charge in [0.05, 0.1) is 6.10 Å². The Morgan fingerprint density at radius 2 is 2.44 bits per heavy atom. The highest BCUT2D eigenvalue weighted by molar-refractivity contribution is 7.99. The molecule has 1 aliphatic rings. The van der Waals surface area contributed by atoms with Crippen molar-refractivity contribution in [3.8, 4) is 0 Å². The molecular formula is C13H19NOS. The molecule has 0 aromatic carbocycles. The maximum Gasteiger partial charge on any atom is 0.0631 e. The molecule has 0 saturated carbocycles. The molecule has 2 rings (SSSR count).